The maximum absolute atomic E-state index is 13.4. The van der Waals surface area contributed by atoms with E-state index in [1.54, 1.807) is 0 Å². The fraction of sp³-hybridized carbons (Fsp3) is 0.391. The van der Waals surface area contributed by atoms with Crippen molar-refractivity contribution in [2.75, 3.05) is 11.9 Å². The summed E-state index contributed by atoms with van der Waals surface area (Å²) < 4.78 is 7.64. The van der Waals surface area contributed by atoms with Crippen molar-refractivity contribution in [2.24, 2.45) is 5.73 Å². The van der Waals surface area contributed by atoms with Gasteiger partial charge < -0.3 is 20.4 Å². The second-order valence-electron chi connectivity index (χ2n) is 7.56. The van der Waals surface area contributed by atoms with Crippen LogP contribution < -0.4 is 15.8 Å². The average Bonchev–Trinajstić information content (AvgIpc) is 3.22. The molecule has 3 aromatic rings. The molecule has 1 aliphatic carbocycles. The van der Waals surface area contributed by atoms with Crippen LogP contribution in [0.2, 0.25) is 0 Å². The molecule has 0 spiro atoms. The Kier molecular flexibility index (Phi) is 5.56. The number of primary amides is 1. The van der Waals surface area contributed by atoms with E-state index in [1.165, 1.54) is 16.2 Å². The first kappa shape index (κ1) is 20.5. The lowest BCUT2D eigenvalue weighted by Crippen LogP contribution is -2.21. The lowest BCUT2D eigenvalue weighted by molar-refractivity contribution is 0.100. The molecule has 158 valence electrons. The van der Waals surface area contributed by atoms with Crippen LogP contribution in [-0.2, 0) is 19.4 Å². The summed E-state index contributed by atoms with van der Waals surface area (Å²) in [6, 6.07) is 5.90. The molecule has 0 bridgehead atoms. The quantitative estimate of drug-likeness (QED) is 0.602. The predicted octanol–water partition coefficient (Wildman–Crippen LogP) is 4.66. The first-order chi connectivity index (χ1) is 14.5. The molecule has 7 heteroatoms. The number of amides is 2. The van der Waals surface area contributed by atoms with Crippen molar-refractivity contribution in [1.82, 2.24) is 4.57 Å². The Morgan fingerprint density at radius 2 is 2.00 bits per heavy atom. The molecule has 0 atom stereocenters. The van der Waals surface area contributed by atoms with Gasteiger partial charge in [0.05, 0.1) is 12.2 Å². The Labute approximate surface area is 180 Å². The van der Waals surface area contributed by atoms with Crippen molar-refractivity contribution in [3.63, 3.8) is 0 Å². The molecule has 1 aromatic carbocycles. The zero-order valence-corrected chi connectivity index (χ0v) is 18.4. The lowest BCUT2D eigenvalue weighted by Gasteiger charge is -2.11. The van der Waals surface area contributed by atoms with Gasteiger partial charge in [0.15, 0.2) is 0 Å². The second kappa shape index (κ2) is 8.14. The second-order valence-corrected chi connectivity index (χ2v) is 8.67. The molecule has 0 unspecified atom stereocenters. The maximum atomic E-state index is 13.4. The van der Waals surface area contributed by atoms with Gasteiger partial charge >= 0.3 is 0 Å². The number of aryl methyl sites for hydroxylation is 3. The minimum atomic E-state index is -0.473. The molecule has 0 aliphatic heterocycles. The first-order valence-electron chi connectivity index (χ1n) is 10.5. The van der Waals surface area contributed by atoms with E-state index in [2.05, 4.69) is 5.32 Å². The standard InChI is InChI=1S/C23H27N3O3S/c1-4-26-17-11-10-14(29-5-2)12-16(17)13(3)20(26)22(28)25-23-19(21(24)27)15-8-6-7-9-18(15)30-23/h10-12H,4-9H2,1-3H3,(H2,24,27)(H,25,28). The van der Waals surface area contributed by atoms with Gasteiger partial charge in [-0.3, -0.25) is 9.59 Å². The van der Waals surface area contributed by atoms with Gasteiger partial charge in [0.25, 0.3) is 11.8 Å². The van der Waals surface area contributed by atoms with Crippen molar-refractivity contribution < 1.29 is 14.3 Å². The maximum Gasteiger partial charge on any atom is 0.273 e. The number of carbonyl (C=O) groups excluding carboxylic acids is 2. The number of anilines is 1. The molecule has 4 rings (SSSR count). The molecule has 1 aliphatic rings. The topological polar surface area (TPSA) is 86.3 Å². The molecule has 3 N–H and O–H groups in total. The molecule has 0 radical (unpaired) electrons. The summed E-state index contributed by atoms with van der Waals surface area (Å²) >= 11 is 1.49. The van der Waals surface area contributed by atoms with E-state index in [1.807, 2.05) is 43.5 Å². The molecule has 30 heavy (non-hydrogen) atoms. The predicted molar refractivity (Wildman–Crippen MR) is 121 cm³/mol. The van der Waals surface area contributed by atoms with Crippen molar-refractivity contribution >= 4 is 39.1 Å². The van der Waals surface area contributed by atoms with E-state index in [9.17, 15) is 9.59 Å². The molecule has 2 aromatic heterocycles. The molecular formula is C23H27N3O3S. The molecule has 0 saturated heterocycles. The van der Waals surface area contributed by atoms with Crippen LogP contribution in [0.1, 0.15) is 63.5 Å². The Morgan fingerprint density at radius 1 is 1.23 bits per heavy atom. The van der Waals surface area contributed by atoms with Crippen LogP contribution in [0.4, 0.5) is 5.00 Å². The van der Waals surface area contributed by atoms with E-state index in [0.29, 0.717) is 29.4 Å². The van der Waals surface area contributed by atoms with Crippen LogP contribution in [0.25, 0.3) is 10.9 Å². The smallest absolute Gasteiger partial charge is 0.273 e. The summed E-state index contributed by atoms with van der Waals surface area (Å²) in [5.74, 6) is 0.0960. The molecule has 2 amide bonds. The molecule has 0 fully saturated rings. The highest BCUT2D eigenvalue weighted by molar-refractivity contribution is 7.17. The van der Waals surface area contributed by atoms with E-state index in [4.69, 9.17) is 10.5 Å². The van der Waals surface area contributed by atoms with Gasteiger partial charge in [-0.15, -0.1) is 11.3 Å². The minimum Gasteiger partial charge on any atom is -0.494 e. The van der Waals surface area contributed by atoms with E-state index in [0.717, 1.165) is 53.5 Å². The Balaban J connectivity index is 1.76. The summed E-state index contributed by atoms with van der Waals surface area (Å²) in [4.78, 5) is 26.7. The van der Waals surface area contributed by atoms with Crippen molar-refractivity contribution in [3.05, 3.63) is 45.5 Å². The fourth-order valence-electron chi connectivity index (χ4n) is 4.46. The number of thiophene rings is 1. The van der Waals surface area contributed by atoms with Crippen LogP contribution >= 0.6 is 11.3 Å². The SMILES string of the molecule is CCOc1ccc2c(c1)c(C)c(C(=O)Nc1sc3c(c1C(N)=O)CCCC3)n2CC. The highest BCUT2D eigenvalue weighted by Gasteiger charge is 2.27. The molecule has 6 nitrogen and oxygen atoms in total. The van der Waals surface area contributed by atoms with Crippen LogP contribution in [0, 0.1) is 6.92 Å². The van der Waals surface area contributed by atoms with Gasteiger partial charge in [0.1, 0.15) is 16.4 Å². The van der Waals surface area contributed by atoms with Gasteiger partial charge in [0.2, 0.25) is 0 Å². The number of ether oxygens (including phenoxy) is 1. The summed E-state index contributed by atoms with van der Waals surface area (Å²) in [7, 11) is 0. The van der Waals surface area contributed by atoms with Gasteiger partial charge in [-0.2, -0.15) is 0 Å². The monoisotopic (exact) mass is 425 g/mol. The van der Waals surface area contributed by atoms with Crippen molar-refractivity contribution in [2.45, 2.75) is 53.0 Å². The lowest BCUT2D eigenvalue weighted by atomic mass is 9.95. The third-order valence-corrected chi connectivity index (χ3v) is 6.98. The van der Waals surface area contributed by atoms with Crippen LogP contribution in [-0.4, -0.2) is 23.0 Å². The zero-order valence-electron chi connectivity index (χ0n) is 17.6. The molecule has 0 saturated carbocycles. The highest BCUT2D eigenvalue weighted by atomic mass is 32.1. The van der Waals surface area contributed by atoms with Gasteiger partial charge in [-0.25, -0.2) is 0 Å². The highest BCUT2D eigenvalue weighted by Crippen LogP contribution is 2.38. The van der Waals surface area contributed by atoms with Crippen LogP contribution in [0.15, 0.2) is 18.2 Å². The molecule has 2 heterocycles. The molecular weight excluding hydrogens is 398 g/mol. The zero-order chi connectivity index (χ0) is 21.4. The summed E-state index contributed by atoms with van der Waals surface area (Å²) in [6.07, 6.45) is 3.92. The van der Waals surface area contributed by atoms with Crippen LogP contribution in [0.5, 0.6) is 5.75 Å². The Bertz CT molecular complexity index is 1140. The number of carbonyl (C=O) groups is 2. The third kappa shape index (κ3) is 3.37. The van der Waals surface area contributed by atoms with Gasteiger partial charge in [0, 0.05) is 22.3 Å². The number of hydrogen-bond donors (Lipinski definition) is 2. The summed E-state index contributed by atoms with van der Waals surface area (Å²) in [6.45, 7) is 7.17. The number of rotatable bonds is 6. The summed E-state index contributed by atoms with van der Waals surface area (Å²) in [5.41, 5.74) is 9.67. The van der Waals surface area contributed by atoms with Crippen molar-refractivity contribution in [1.29, 1.82) is 0 Å². The van der Waals surface area contributed by atoms with Crippen LogP contribution in [0.3, 0.4) is 0 Å². The number of fused-ring (bicyclic) bond motifs is 2. The van der Waals surface area contributed by atoms with E-state index in [-0.39, 0.29) is 5.91 Å². The van der Waals surface area contributed by atoms with Crippen molar-refractivity contribution in [3.8, 4) is 5.75 Å². The number of nitrogens with one attached hydrogen (secondary N) is 1. The Morgan fingerprint density at radius 3 is 2.70 bits per heavy atom. The number of hydrogen-bond acceptors (Lipinski definition) is 4. The third-order valence-electron chi connectivity index (χ3n) is 5.78. The Hall–Kier alpha value is -2.80. The normalized spacial score (nSPS) is 13.3. The number of aromatic nitrogens is 1. The largest absolute Gasteiger partial charge is 0.494 e. The first-order valence-corrected chi connectivity index (χ1v) is 11.3. The van der Waals surface area contributed by atoms with Gasteiger partial charge in [-0.1, -0.05) is 0 Å². The summed E-state index contributed by atoms with van der Waals surface area (Å²) in [5, 5.41) is 4.57. The van der Waals surface area contributed by atoms with Gasteiger partial charge in [-0.05, 0) is 75.8 Å². The van der Waals surface area contributed by atoms with E-state index < -0.39 is 5.91 Å². The number of benzene rings is 1. The van der Waals surface area contributed by atoms with E-state index >= 15 is 0 Å². The number of nitrogens with two attached hydrogens (primary N) is 1. The average molecular weight is 426 g/mol. The fourth-order valence-corrected chi connectivity index (χ4v) is 5.75. The number of nitrogens with zero attached hydrogens (tertiary/aromatic N) is 1. The minimum absolute atomic E-state index is 0.218.